The Balaban J connectivity index is 1.58. The van der Waals surface area contributed by atoms with Gasteiger partial charge in [0.25, 0.3) is 11.5 Å². The summed E-state index contributed by atoms with van der Waals surface area (Å²) in [5, 5.41) is 0.598. The fourth-order valence-electron chi connectivity index (χ4n) is 5.18. The zero-order valence-corrected chi connectivity index (χ0v) is 22.1. The number of likely N-dealkylation sites (tertiary alicyclic amines) is 1. The molecule has 0 bridgehead atoms. The summed E-state index contributed by atoms with van der Waals surface area (Å²) in [6.45, 7) is 10.7. The van der Waals surface area contributed by atoms with Crippen molar-refractivity contribution in [3.8, 4) is 5.75 Å². The molecule has 0 radical (unpaired) electrons. The summed E-state index contributed by atoms with van der Waals surface area (Å²) in [5.41, 5.74) is 1.81. The molecule has 1 saturated heterocycles. The average Bonchev–Trinajstić information content (AvgIpc) is 3.47. The van der Waals surface area contributed by atoms with Gasteiger partial charge in [0.2, 0.25) is 0 Å². The molecule has 1 amide bonds. The van der Waals surface area contributed by atoms with E-state index in [4.69, 9.17) is 9.72 Å². The lowest BCUT2D eigenvalue weighted by atomic mass is 10.0. The molecule has 1 atom stereocenters. The molecule has 0 N–H and O–H groups in total. The summed E-state index contributed by atoms with van der Waals surface area (Å²) in [6.07, 6.45) is 3.05. The van der Waals surface area contributed by atoms with Gasteiger partial charge in [-0.25, -0.2) is 4.98 Å². The highest BCUT2D eigenvalue weighted by molar-refractivity contribution is 7.18. The van der Waals surface area contributed by atoms with Crippen LogP contribution in [0.1, 0.15) is 65.8 Å². The van der Waals surface area contributed by atoms with Gasteiger partial charge < -0.3 is 9.64 Å². The first-order chi connectivity index (χ1) is 17.3. The highest BCUT2D eigenvalue weighted by atomic mass is 32.1. The summed E-state index contributed by atoms with van der Waals surface area (Å²) in [7, 11) is 0. The third kappa shape index (κ3) is 4.24. The van der Waals surface area contributed by atoms with Crippen LogP contribution in [0.15, 0.2) is 23.0 Å². The normalized spacial score (nSPS) is 16.9. The zero-order chi connectivity index (χ0) is 25.6. The van der Waals surface area contributed by atoms with E-state index in [-0.39, 0.29) is 23.9 Å². The molecule has 2 aliphatic rings. The van der Waals surface area contributed by atoms with E-state index in [2.05, 4.69) is 4.90 Å². The van der Waals surface area contributed by atoms with Crippen LogP contribution in [0.2, 0.25) is 0 Å². The van der Waals surface area contributed by atoms with Crippen LogP contribution in [0.25, 0.3) is 10.2 Å². The van der Waals surface area contributed by atoms with Crippen molar-refractivity contribution in [1.82, 2.24) is 14.5 Å². The van der Waals surface area contributed by atoms with Crippen LogP contribution in [0.3, 0.4) is 0 Å². The number of ether oxygens (including phenoxy) is 1. The zero-order valence-electron chi connectivity index (χ0n) is 21.3. The van der Waals surface area contributed by atoms with Gasteiger partial charge >= 0.3 is 0 Å². The number of amides is 1. The maximum absolute atomic E-state index is 13.8. The SMILES string of the molecule is CCCN1C(=O)COc2ccc(C(=O)C(C)n3c(CN4CCCC4)nc4sc(C)c(C)c4c3=O)cc21. The summed E-state index contributed by atoms with van der Waals surface area (Å²) >= 11 is 1.53. The van der Waals surface area contributed by atoms with E-state index in [1.165, 1.54) is 11.3 Å². The molecule has 3 aromatic rings. The van der Waals surface area contributed by atoms with Crippen molar-refractivity contribution >= 4 is 38.9 Å². The minimum Gasteiger partial charge on any atom is -0.482 e. The van der Waals surface area contributed by atoms with Crippen LogP contribution < -0.4 is 15.2 Å². The Labute approximate surface area is 214 Å². The molecule has 9 heteroatoms. The summed E-state index contributed by atoms with van der Waals surface area (Å²) in [5.74, 6) is 0.902. The monoisotopic (exact) mass is 508 g/mol. The number of hydrogen-bond acceptors (Lipinski definition) is 7. The van der Waals surface area contributed by atoms with Crippen molar-refractivity contribution in [3.63, 3.8) is 0 Å². The quantitative estimate of drug-likeness (QED) is 0.444. The number of hydrogen-bond donors (Lipinski definition) is 0. The van der Waals surface area contributed by atoms with Crippen LogP contribution in [-0.4, -0.2) is 52.4 Å². The second-order valence-electron chi connectivity index (χ2n) is 9.71. The van der Waals surface area contributed by atoms with E-state index in [0.29, 0.717) is 41.3 Å². The number of thiophene rings is 1. The number of anilines is 1. The molecular weight excluding hydrogens is 476 g/mol. The predicted molar refractivity (Wildman–Crippen MR) is 141 cm³/mol. The van der Waals surface area contributed by atoms with Gasteiger partial charge in [0, 0.05) is 17.0 Å². The number of nitrogens with zero attached hydrogens (tertiary/aromatic N) is 4. The van der Waals surface area contributed by atoms with Gasteiger partial charge in [0.05, 0.1) is 23.7 Å². The fraction of sp³-hybridized carbons (Fsp3) is 0.481. The molecule has 2 aromatic heterocycles. The van der Waals surface area contributed by atoms with Crippen LogP contribution in [0, 0.1) is 13.8 Å². The molecular formula is C27H32N4O4S. The fourth-order valence-corrected chi connectivity index (χ4v) is 6.22. The highest BCUT2D eigenvalue weighted by Crippen LogP contribution is 2.34. The Bertz CT molecular complexity index is 1400. The molecule has 1 fully saturated rings. The standard InChI is InChI=1S/C27H32N4O4S/c1-5-10-30-20-13-19(8-9-21(20)35-15-23(30)32)25(33)17(3)31-22(14-29-11-6-7-12-29)28-26-24(27(31)34)16(2)18(4)36-26/h8-9,13,17H,5-7,10-12,14-15H2,1-4H3. The van der Waals surface area contributed by atoms with Crippen molar-refractivity contribution < 1.29 is 14.3 Å². The first-order valence-electron chi connectivity index (χ1n) is 12.6. The molecule has 5 rings (SSSR count). The molecule has 0 aliphatic carbocycles. The Morgan fingerprint density at radius 2 is 1.94 bits per heavy atom. The molecule has 0 spiro atoms. The molecule has 36 heavy (non-hydrogen) atoms. The van der Waals surface area contributed by atoms with Crippen molar-refractivity contribution in [2.75, 3.05) is 31.1 Å². The minimum absolute atomic E-state index is 0.00293. The lowest BCUT2D eigenvalue weighted by Gasteiger charge is -2.29. The first kappa shape index (κ1) is 24.6. The summed E-state index contributed by atoms with van der Waals surface area (Å²) in [6, 6.07) is 4.43. The minimum atomic E-state index is -0.746. The molecule has 2 aliphatic heterocycles. The molecule has 1 unspecified atom stereocenters. The van der Waals surface area contributed by atoms with Crippen molar-refractivity contribution in [1.29, 1.82) is 0 Å². The van der Waals surface area contributed by atoms with E-state index in [1.54, 1.807) is 34.6 Å². The van der Waals surface area contributed by atoms with Crippen molar-refractivity contribution in [2.45, 2.75) is 59.5 Å². The lowest BCUT2D eigenvalue weighted by molar-refractivity contribution is -0.121. The second kappa shape index (κ2) is 9.78. The number of fused-ring (bicyclic) bond motifs is 2. The third-order valence-corrected chi connectivity index (χ3v) is 8.37. The van der Waals surface area contributed by atoms with Crippen LogP contribution in [0.4, 0.5) is 5.69 Å². The van der Waals surface area contributed by atoms with Gasteiger partial charge in [0.1, 0.15) is 16.4 Å². The van der Waals surface area contributed by atoms with Crippen LogP contribution in [0.5, 0.6) is 5.75 Å². The van der Waals surface area contributed by atoms with E-state index in [0.717, 1.165) is 47.6 Å². The van der Waals surface area contributed by atoms with Gasteiger partial charge in [-0.15, -0.1) is 11.3 Å². The van der Waals surface area contributed by atoms with Crippen LogP contribution >= 0.6 is 11.3 Å². The van der Waals surface area contributed by atoms with E-state index < -0.39 is 6.04 Å². The predicted octanol–water partition coefficient (Wildman–Crippen LogP) is 4.25. The Hall–Kier alpha value is -3.04. The first-order valence-corrected chi connectivity index (χ1v) is 13.5. The molecule has 4 heterocycles. The number of aromatic nitrogens is 2. The maximum Gasteiger partial charge on any atom is 0.265 e. The van der Waals surface area contributed by atoms with E-state index >= 15 is 0 Å². The number of rotatable bonds is 7. The number of carbonyl (C=O) groups is 2. The molecule has 190 valence electrons. The molecule has 8 nitrogen and oxygen atoms in total. The second-order valence-corrected chi connectivity index (χ2v) is 10.9. The van der Waals surface area contributed by atoms with Crippen molar-refractivity contribution in [2.24, 2.45) is 0 Å². The Morgan fingerprint density at radius 3 is 2.67 bits per heavy atom. The van der Waals surface area contributed by atoms with Gasteiger partial charge in [-0.2, -0.15) is 0 Å². The van der Waals surface area contributed by atoms with E-state index in [9.17, 15) is 14.4 Å². The summed E-state index contributed by atoms with van der Waals surface area (Å²) < 4.78 is 7.19. The summed E-state index contributed by atoms with van der Waals surface area (Å²) in [4.78, 5) is 50.8. The molecule has 1 aromatic carbocycles. The smallest absolute Gasteiger partial charge is 0.265 e. The van der Waals surface area contributed by atoms with Gasteiger partial charge in [-0.05, 0) is 76.9 Å². The maximum atomic E-state index is 13.8. The largest absolute Gasteiger partial charge is 0.482 e. The molecule has 0 saturated carbocycles. The third-order valence-electron chi connectivity index (χ3n) is 7.27. The lowest BCUT2D eigenvalue weighted by Crippen LogP contribution is -2.39. The van der Waals surface area contributed by atoms with E-state index in [1.807, 2.05) is 20.8 Å². The van der Waals surface area contributed by atoms with Gasteiger partial charge in [-0.3, -0.25) is 23.9 Å². The topological polar surface area (TPSA) is 84.7 Å². The van der Waals surface area contributed by atoms with Gasteiger partial charge in [0.15, 0.2) is 12.4 Å². The van der Waals surface area contributed by atoms with Crippen molar-refractivity contribution in [3.05, 3.63) is 50.4 Å². The average molecular weight is 509 g/mol. The van der Waals surface area contributed by atoms with Gasteiger partial charge in [-0.1, -0.05) is 6.92 Å². The highest BCUT2D eigenvalue weighted by Gasteiger charge is 2.29. The Morgan fingerprint density at radius 1 is 1.19 bits per heavy atom. The number of carbonyl (C=O) groups excluding carboxylic acids is 2. The van der Waals surface area contributed by atoms with Crippen LogP contribution in [-0.2, 0) is 11.3 Å². The number of ketones is 1. The number of aryl methyl sites for hydroxylation is 2. The Kier molecular flexibility index (Phi) is 6.70. The number of Topliss-reactive ketones (excluding diaryl/α,β-unsaturated/α-hetero) is 1. The number of benzene rings is 1.